The van der Waals surface area contributed by atoms with Gasteiger partial charge in [0.05, 0.1) is 19.8 Å². The molecule has 2 saturated heterocycles. The number of rotatable bonds is 10. The maximum Gasteiger partial charge on any atom is 0.481 e. The quantitative estimate of drug-likeness (QED) is 0.117. The number of phosphoric ester groups is 2. The van der Waals surface area contributed by atoms with Gasteiger partial charge in [-0.3, -0.25) is 23.4 Å². The molecule has 0 bridgehead atoms. The lowest BCUT2D eigenvalue weighted by molar-refractivity contribution is -0.234. The number of H-pyrrole nitrogens is 1. The molecule has 0 aliphatic carbocycles. The third-order valence-electron chi connectivity index (χ3n) is 5.46. The highest BCUT2D eigenvalue weighted by Crippen LogP contribution is 2.60. The number of phosphoric acid groups is 2. The molecule has 3 rings (SSSR count). The minimum atomic E-state index is -5.41. The number of ether oxygens (including phenoxy) is 2. The summed E-state index contributed by atoms with van der Waals surface area (Å²) in [7, 11) is -10.8. The molecule has 21 heteroatoms. The summed E-state index contributed by atoms with van der Waals surface area (Å²) in [5.74, 6) is 0. The van der Waals surface area contributed by atoms with E-state index in [1.165, 1.54) is 0 Å². The first kappa shape index (κ1) is 30.2. The van der Waals surface area contributed by atoms with Crippen molar-refractivity contribution in [2.24, 2.45) is 0 Å². The molecule has 3 heterocycles. The van der Waals surface area contributed by atoms with E-state index in [9.17, 15) is 54.0 Å². The van der Waals surface area contributed by atoms with E-state index in [4.69, 9.17) is 14.6 Å². The predicted octanol–water partition coefficient (Wildman–Crippen LogP) is -4.75. The summed E-state index contributed by atoms with van der Waals surface area (Å²) in [6.07, 6.45) is -13.9. The van der Waals surface area contributed by atoms with Crippen molar-refractivity contribution < 1.29 is 72.4 Å². The molecule has 19 nitrogen and oxygen atoms in total. The van der Waals surface area contributed by atoms with Gasteiger partial charge in [0.1, 0.15) is 48.8 Å². The van der Waals surface area contributed by atoms with Crippen molar-refractivity contribution in [1.82, 2.24) is 9.55 Å². The highest BCUT2D eigenvalue weighted by Gasteiger charge is 2.47. The first-order valence-corrected chi connectivity index (χ1v) is 13.4. The van der Waals surface area contributed by atoms with Gasteiger partial charge in [-0.05, 0) is 0 Å². The molecule has 1 aromatic heterocycles. The van der Waals surface area contributed by atoms with Crippen LogP contribution in [0.25, 0.3) is 0 Å². The summed E-state index contributed by atoms with van der Waals surface area (Å²) in [6, 6.07) is 0.937. The fourth-order valence-electron chi connectivity index (χ4n) is 3.55. The molecule has 0 aromatic carbocycles. The zero-order valence-corrected chi connectivity index (χ0v) is 20.4. The Labute approximate surface area is 206 Å². The minimum Gasteiger partial charge on any atom is -0.394 e. The molecular formula is C16H26N2O17P2. The number of nitrogens with zero attached hydrogens (tertiary/aromatic N) is 1. The Kier molecular flexibility index (Phi) is 9.61. The van der Waals surface area contributed by atoms with Gasteiger partial charge in [0, 0.05) is 12.3 Å². The number of aliphatic hydroxyl groups excluding tert-OH is 6. The molecule has 2 fully saturated rings. The summed E-state index contributed by atoms with van der Waals surface area (Å²) in [5.41, 5.74) is -1.73. The van der Waals surface area contributed by atoms with E-state index in [0.29, 0.717) is 0 Å². The molecule has 0 saturated carbocycles. The van der Waals surface area contributed by atoms with Crippen LogP contribution >= 0.6 is 15.6 Å². The first-order valence-electron chi connectivity index (χ1n) is 10.5. The number of aliphatic hydroxyl groups is 6. The fourth-order valence-corrected chi connectivity index (χ4v) is 5.64. The van der Waals surface area contributed by atoms with E-state index in [0.717, 1.165) is 16.8 Å². The third-order valence-corrected chi connectivity index (χ3v) is 8.07. The molecule has 2 aliphatic heterocycles. The van der Waals surface area contributed by atoms with E-state index in [-0.39, 0.29) is 0 Å². The monoisotopic (exact) mass is 580 g/mol. The van der Waals surface area contributed by atoms with Crippen LogP contribution < -0.4 is 11.2 Å². The summed E-state index contributed by atoms with van der Waals surface area (Å²) in [5, 5.41) is 58.8. The molecule has 2 aliphatic rings. The van der Waals surface area contributed by atoms with E-state index < -0.39 is 102 Å². The third kappa shape index (κ3) is 7.18. The Hall–Kier alpha value is -1.38. The van der Waals surface area contributed by atoms with Crippen LogP contribution in [0.1, 0.15) is 6.23 Å². The van der Waals surface area contributed by atoms with Gasteiger partial charge in [0.2, 0.25) is 0 Å². The Bertz CT molecular complexity index is 1140. The smallest absolute Gasteiger partial charge is 0.394 e. The van der Waals surface area contributed by atoms with Crippen LogP contribution in [0.4, 0.5) is 0 Å². The van der Waals surface area contributed by atoms with Crippen molar-refractivity contribution in [2.45, 2.75) is 55.1 Å². The topological polar surface area (TPSA) is 297 Å². The van der Waals surface area contributed by atoms with Crippen molar-refractivity contribution in [1.29, 1.82) is 0 Å². The van der Waals surface area contributed by atoms with Crippen molar-refractivity contribution in [3.05, 3.63) is 33.1 Å². The van der Waals surface area contributed by atoms with Crippen LogP contribution in [0.2, 0.25) is 0 Å². The van der Waals surface area contributed by atoms with Crippen LogP contribution in [0.3, 0.4) is 0 Å². The first-order chi connectivity index (χ1) is 17.2. The normalized spacial score (nSPS) is 37.7. The van der Waals surface area contributed by atoms with Gasteiger partial charge in [-0.15, -0.1) is 0 Å². The van der Waals surface area contributed by atoms with Crippen LogP contribution in [0.5, 0.6) is 0 Å². The largest absolute Gasteiger partial charge is 0.481 e. The molecule has 37 heavy (non-hydrogen) atoms. The van der Waals surface area contributed by atoms with Crippen molar-refractivity contribution in [3.8, 4) is 0 Å². The van der Waals surface area contributed by atoms with E-state index in [2.05, 4.69) is 13.4 Å². The Morgan fingerprint density at radius 1 is 0.838 bits per heavy atom. The maximum absolute atomic E-state index is 12.1. The zero-order chi connectivity index (χ0) is 27.7. The van der Waals surface area contributed by atoms with Crippen LogP contribution in [0.15, 0.2) is 21.9 Å². The van der Waals surface area contributed by atoms with Gasteiger partial charge in [-0.2, -0.15) is 4.31 Å². The van der Waals surface area contributed by atoms with Crippen molar-refractivity contribution >= 4 is 15.6 Å². The molecular weight excluding hydrogens is 554 g/mol. The Morgan fingerprint density at radius 3 is 1.89 bits per heavy atom. The molecule has 2 unspecified atom stereocenters. The molecule has 212 valence electrons. The SMILES string of the molecule is O=c1ccn([C@@H]2O[C@H](COP(=O)(O)OP(=O)(O)OC[C@H]3O[C@H](CO)[C@H](O)[C@H](O)[C@H]3O)[C@@H](O)[C@H]2O)c(=O)[nH]1. The highest BCUT2D eigenvalue weighted by molar-refractivity contribution is 7.61. The van der Waals surface area contributed by atoms with Crippen LogP contribution in [-0.4, -0.2) is 119 Å². The average Bonchev–Trinajstić information content (AvgIpc) is 3.09. The molecule has 0 radical (unpaired) electrons. The molecule has 1 aromatic rings. The molecule has 11 atom stereocenters. The van der Waals surface area contributed by atoms with Crippen molar-refractivity contribution in [2.75, 3.05) is 19.8 Å². The maximum atomic E-state index is 12.1. The van der Waals surface area contributed by atoms with Crippen molar-refractivity contribution in [3.63, 3.8) is 0 Å². The minimum absolute atomic E-state index is 0.735. The Morgan fingerprint density at radius 2 is 1.35 bits per heavy atom. The lowest BCUT2D eigenvalue weighted by Gasteiger charge is -2.39. The van der Waals surface area contributed by atoms with Crippen LogP contribution in [-0.2, 0) is 32.0 Å². The molecule has 0 spiro atoms. The second-order valence-electron chi connectivity index (χ2n) is 8.04. The number of hydrogen-bond donors (Lipinski definition) is 9. The average molecular weight is 580 g/mol. The molecule has 0 amide bonds. The van der Waals surface area contributed by atoms with Gasteiger partial charge in [-0.25, -0.2) is 13.9 Å². The lowest BCUT2D eigenvalue weighted by atomic mass is 9.95. The van der Waals surface area contributed by atoms with Crippen LogP contribution in [0, 0.1) is 0 Å². The summed E-state index contributed by atoms with van der Waals surface area (Å²) >= 11 is 0. The Balaban J connectivity index is 1.56. The van der Waals surface area contributed by atoms with Gasteiger partial charge < -0.3 is 49.9 Å². The summed E-state index contributed by atoms with van der Waals surface area (Å²) in [6.45, 7) is -2.77. The molecule has 9 N–H and O–H groups in total. The number of aromatic nitrogens is 2. The zero-order valence-electron chi connectivity index (χ0n) is 18.6. The van der Waals surface area contributed by atoms with E-state index in [1.54, 1.807) is 0 Å². The highest BCUT2D eigenvalue weighted by atomic mass is 31.3. The summed E-state index contributed by atoms with van der Waals surface area (Å²) in [4.78, 5) is 44.5. The predicted molar refractivity (Wildman–Crippen MR) is 114 cm³/mol. The van der Waals surface area contributed by atoms with E-state index >= 15 is 0 Å². The lowest BCUT2D eigenvalue weighted by Crippen LogP contribution is -2.59. The van der Waals surface area contributed by atoms with E-state index in [1.807, 2.05) is 4.98 Å². The second-order valence-corrected chi connectivity index (χ2v) is 11.1. The van der Waals surface area contributed by atoms with Gasteiger partial charge in [0.25, 0.3) is 5.56 Å². The van der Waals surface area contributed by atoms with Gasteiger partial charge >= 0.3 is 21.3 Å². The van der Waals surface area contributed by atoms with Gasteiger partial charge in [-0.1, -0.05) is 0 Å². The number of aromatic amines is 1. The number of nitrogens with one attached hydrogen (secondary N) is 1. The second kappa shape index (κ2) is 11.8. The fraction of sp³-hybridized carbons (Fsp3) is 0.750. The van der Waals surface area contributed by atoms with Gasteiger partial charge in [0.15, 0.2) is 6.23 Å². The summed E-state index contributed by atoms with van der Waals surface area (Å²) < 4.78 is 48.4. The standard InChI is InChI=1S/C16H26N2O17P2/c19-3-6-10(21)13(24)11(22)7(33-6)4-31-36(27,28)35-37(29,30)32-5-8-12(23)14(25)15(34-8)18-2-1-9(20)17-16(18)26/h1-2,6-8,10-15,19,21-25H,3-5H2,(H,27,28)(H,29,30)(H,17,20,26)/t6-,7-,8-,10+,11+,12-,13+,14-,15-/m1/s1. The number of hydrogen-bond acceptors (Lipinski definition) is 15.